The highest BCUT2D eigenvalue weighted by Crippen LogP contribution is 2.45. The molecule has 1 aliphatic heterocycles. The minimum absolute atomic E-state index is 0.108. The summed E-state index contributed by atoms with van der Waals surface area (Å²) >= 11 is 0. The molecule has 4 rings (SSSR count). The summed E-state index contributed by atoms with van der Waals surface area (Å²) in [6.45, 7) is -0.954. The van der Waals surface area contributed by atoms with Gasteiger partial charge in [0.2, 0.25) is 5.91 Å². The topological polar surface area (TPSA) is 98.7 Å². The van der Waals surface area contributed by atoms with E-state index >= 15 is 4.39 Å². The molecule has 1 saturated heterocycles. The smallest absolute Gasteiger partial charge is 0.304 e. The zero-order valence-corrected chi connectivity index (χ0v) is 16.9. The monoisotopic (exact) mass is 439 g/mol. The van der Waals surface area contributed by atoms with Crippen molar-refractivity contribution in [3.63, 3.8) is 0 Å². The van der Waals surface area contributed by atoms with Crippen LogP contribution in [0.1, 0.15) is 44.9 Å². The predicted molar refractivity (Wildman–Crippen MR) is 98.0 cm³/mol. The number of nitrogens with zero attached hydrogens (tertiary/aromatic N) is 1. The van der Waals surface area contributed by atoms with Gasteiger partial charge in [0.15, 0.2) is 0 Å². The molecule has 4 fully saturated rings. The van der Waals surface area contributed by atoms with Crippen LogP contribution in [0.25, 0.3) is 0 Å². The summed E-state index contributed by atoms with van der Waals surface area (Å²) in [5, 5.41) is 13.3. The molecule has 6 unspecified atom stereocenters. The number of amides is 1. The Morgan fingerprint density at radius 3 is 2.55 bits per heavy atom. The van der Waals surface area contributed by atoms with Crippen LogP contribution < -0.4 is 10.0 Å². The van der Waals surface area contributed by atoms with E-state index in [1.165, 1.54) is 0 Å². The van der Waals surface area contributed by atoms with Crippen molar-refractivity contribution in [2.24, 2.45) is 17.8 Å². The molecule has 4 aliphatic rings. The maximum Gasteiger partial charge on any atom is 0.304 e. The van der Waals surface area contributed by atoms with E-state index in [4.69, 9.17) is 0 Å². The molecule has 0 radical (unpaired) electrons. The fourth-order valence-electron chi connectivity index (χ4n) is 5.24. The third-order valence-electron chi connectivity index (χ3n) is 6.84. The van der Waals surface area contributed by atoms with Crippen molar-refractivity contribution < 1.29 is 31.5 Å². The molecule has 3 N–H and O–H groups in total. The number of aliphatic hydroxyl groups is 1. The van der Waals surface area contributed by atoms with Crippen LogP contribution in [-0.2, 0) is 15.0 Å². The summed E-state index contributed by atoms with van der Waals surface area (Å²) in [6, 6.07) is -1.61. The number of aliphatic hydroxyl groups excluding tert-OH is 1. The van der Waals surface area contributed by atoms with Gasteiger partial charge in [-0.3, -0.25) is 4.79 Å². The third-order valence-corrected chi connectivity index (χ3v) is 8.31. The van der Waals surface area contributed by atoms with Crippen LogP contribution >= 0.6 is 0 Å². The Labute approximate surface area is 168 Å². The number of hydrogen-bond donors (Lipinski definition) is 3. The largest absolute Gasteiger partial charge is 0.391 e. The minimum Gasteiger partial charge on any atom is -0.391 e. The molecule has 29 heavy (non-hydrogen) atoms. The number of nitrogens with one attached hydrogen (secondary N) is 2. The van der Waals surface area contributed by atoms with Gasteiger partial charge in [-0.05, 0) is 56.3 Å². The normalized spacial score (nSPS) is 40.5. The molecule has 3 saturated carbocycles. The summed E-state index contributed by atoms with van der Waals surface area (Å²) < 4.78 is 70.2. The number of rotatable bonds is 6. The van der Waals surface area contributed by atoms with Crippen molar-refractivity contribution in [3.05, 3.63) is 0 Å². The maximum absolute atomic E-state index is 15.4. The van der Waals surface area contributed by atoms with Crippen LogP contribution in [0.5, 0.6) is 0 Å². The van der Waals surface area contributed by atoms with E-state index < -0.39 is 59.4 Å². The first-order valence-electron chi connectivity index (χ1n) is 10.3. The van der Waals surface area contributed by atoms with E-state index in [-0.39, 0.29) is 30.7 Å². The number of fused-ring (bicyclic) bond motifs is 1. The first-order chi connectivity index (χ1) is 13.6. The molecule has 0 bridgehead atoms. The van der Waals surface area contributed by atoms with Crippen molar-refractivity contribution in [2.45, 2.75) is 75.2 Å². The lowest BCUT2D eigenvalue weighted by Crippen LogP contribution is -2.59. The predicted octanol–water partition coefficient (Wildman–Crippen LogP) is 0.944. The molecular weight excluding hydrogens is 411 g/mol. The highest BCUT2D eigenvalue weighted by molar-refractivity contribution is 7.88. The first-order valence-corrected chi connectivity index (χ1v) is 11.8. The van der Waals surface area contributed by atoms with Gasteiger partial charge in [0.1, 0.15) is 6.17 Å². The number of alkyl halides is 3. The zero-order chi connectivity index (χ0) is 21.0. The van der Waals surface area contributed by atoms with Gasteiger partial charge in [-0.1, -0.05) is 0 Å². The molecule has 0 aromatic carbocycles. The summed E-state index contributed by atoms with van der Waals surface area (Å²) in [6.07, 6.45) is 0.470. The second-order valence-electron chi connectivity index (χ2n) is 9.13. The second-order valence-corrected chi connectivity index (χ2v) is 10.8. The Morgan fingerprint density at radius 2 is 1.93 bits per heavy atom. The van der Waals surface area contributed by atoms with Crippen molar-refractivity contribution in [1.29, 1.82) is 0 Å². The van der Waals surface area contributed by atoms with Crippen LogP contribution in [0, 0.1) is 17.8 Å². The second kappa shape index (κ2) is 7.65. The summed E-state index contributed by atoms with van der Waals surface area (Å²) in [7, 11) is -4.17. The average Bonchev–Trinajstić information content (AvgIpc) is 3.37. The fourth-order valence-corrected chi connectivity index (χ4v) is 6.57. The lowest BCUT2D eigenvalue weighted by atomic mass is 9.66. The lowest BCUT2D eigenvalue weighted by molar-refractivity contribution is -0.119. The van der Waals surface area contributed by atoms with Crippen LogP contribution in [0.4, 0.5) is 13.2 Å². The minimum atomic E-state index is -4.17. The molecule has 166 valence electrons. The van der Waals surface area contributed by atoms with Crippen molar-refractivity contribution in [1.82, 2.24) is 14.3 Å². The molecule has 1 heterocycles. The van der Waals surface area contributed by atoms with Crippen molar-refractivity contribution >= 4 is 16.1 Å². The molecule has 11 heteroatoms. The van der Waals surface area contributed by atoms with Gasteiger partial charge in [-0.25, -0.2) is 17.9 Å². The summed E-state index contributed by atoms with van der Waals surface area (Å²) in [4.78, 5) is 11.5. The van der Waals surface area contributed by atoms with Gasteiger partial charge < -0.3 is 10.4 Å². The van der Waals surface area contributed by atoms with Crippen LogP contribution in [0.2, 0.25) is 0 Å². The quantitative estimate of drug-likeness (QED) is 0.572. The standard InChI is InChI=1S/C18H28F3N3O4S/c19-16-13-6-12(22-9-18(20,21)7-10-1-2-10)4-3-11(13)5-14(25)17(16)24-8-15(26)23-29(24,27)28/h10-14,16-17,22,25H,1-9H2,(H,23,26). The lowest BCUT2D eigenvalue weighted by Gasteiger charge is -2.48. The van der Waals surface area contributed by atoms with E-state index in [9.17, 15) is 27.1 Å². The van der Waals surface area contributed by atoms with Crippen LogP contribution in [0.15, 0.2) is 0 Å². The molecule has 0 aromatic rings. The Hall–Kier alpha value is -0.910. The van der Waals surface area contributed by atoms with Gasteiger partial charge >= 0.3 is 10.2 Å². The van der Waals surface area contributed by atoms with E-state index in [0.29, 0.717) is 23.6 Å². The highest BCUT2D eigenvalue weighted by Gasteiger charge is 2.53. The third kappa shape index (κ3) is 4.57. The number of halogens is 3. The Balaban J connectivity index is 1.40. The van der Waals surface area contributed by atoms with E-state index in [2.05, 4.69) is 5.32 Å². The van der Waals surface area contributed by atoms with Gasteiger partial charge in [0, 0.05) is 12.5 Å². The molecule has 1 amide bonds. The van der Waals surface area contributed by atoms with Crippen LogP contribution in [-0.4, -0.2) is 67.1 Å². The van der Waals surface area contributed by atoms with Gasteiger partial charge in [0.05, 0.1) is 25.2 Å². The summed E-state index contributed by atoms with van der Waals surface area (Å²) in [5.41, 5.74) is 0. The highest BCUT2D eigenvalue weighted by atomic mass is 32.2. The Morgan fingerprint density at radius 1 is 1.21 bits per heavy atom. The molecular formula is C18H28F3N3O4S. The van der Waals surface area contributed by atoms with E-state index in [1.54, 1.807) is 4.72 Å². The average molecular weight is 440 g/mol. The Kier molecular flexibility index (Phi) is 5.63. The van der Waals surface area contributed by atoms with Crippen molar-refractivity contribution in [2.75, 3.05) is 13.1 Å². The van der Waals surface area contributed by atoms with Crippen LogP contribution in [0.3, 0.4) is 0 Å². The summed E-state index contributed by atoms with van der Waals surface area (Å²) in [5.74, 6) is -4.11. The number of hydrogen-bond acceptors (Lipinski definition) is 5. The molecule has 6 atom stereocenters. The molecule has 0 spiro atoms. The first kappa shape index (κ1) is 21.3. The van der Waals surface area contributed by atoms with Gasteiger partial charge in [-0.15, -0.1) is 0 Å². The number of carbonyl (C=O) groups excluding carboxylic acids is 1. The van der Waals surface area contributed by atoms with Gasteiger partial charge in [0.25, 0.3) is 5.92 Å². The van der Waals surface area contributed by atoms with Crippen molar-refractivity contribution in [3.8, 4) is 0 Å². The fraction of sp³-hybridized carbons (Fsp3) is 0.944. The molecule has 7 nitrogen and oxygen atoms in total. The Bertz CT molecular complexity index is 749. The zero-order valence-electron chi connectivity index (χ0n) is 16.1. The van der Waals surface area contributed by atoms with E-state index in [0.717, 1.165) is 12.8 Å². The SMILES string of the molecule is O=C1CN(C2C(O)CC3CCC(NCC(F)(F)CC4CC4)CC3C2F)S(=O)(=O)N1. The number of carbonyl (C=O) groups is 1. The van der Waals surface area contributed by atoms with Gasteiger partial charge in [-0.2, -0.15) is 12.7 Å². The maximum atomic E-state index is 15.4. The molecule has 3 aliphatic carbocycles. The molecule has 0 aromatic heterocycles. The van der Waals surface area contributed by atoms with E-state index in [1.807, 2.05) is 0 Å².